The maximum Gasteiger partial charge on any atom is 0.281 e. The predicted octanol–water partition coefficient (Wildman–Crippen LogP) is -2.92. The van der Waals surface area contributed by atoms with Crippen molar-refractivity contribution in [3.05, 3.63) is 0 Å². The highest BCUT2D eigenvalue weighted by molar-refractivity contribution is 6.36. The molecule has 0 rings (SSSR count). The lowest BCUT2D eigenvalue weighted by molar-refractivity contribution is -0.150. The normalized spacial score (nSPS) is 20.9. The highest BCUT2D eigenvalue weighted by Gasteiger charge is 2.46. The van der Waals surface area contributed by atoms with E-state index in [4.69, 9.17) is 37.3 Å². The number of hydrogen-bond donors (Lipinski definition) is 5. The average Bonchev–Trinajstić information content (AvgIpc) is 2.24. The highest BCUT2D eigenvalue weighted by Crippen LogP contribution is 2.21. The van der Waals surface area contributed by atoms with Crippen molar-refractivity contribution in [3.8, 4) is 6.07 Å². The van der Waals surface area contributed by atoms with Crippen LogP contribution < -0.4 is 0 Å². The smallest absolute Gasteiger partial charge is 0.281 e. The van der Waals surface area contributed by atoms with Crippen LogP contribution in [0.15, 0.2) is 0 Å². The zero-order chi connectivity index (χ0) is 12.2. The van der Waals surface area contributed by atoms with Gasteiger partial charge in [0.1, 0.15) is 24.4 Å². The predicted molar refractivity (Wildman–Crippen MR) is 46.5 cm³/mol. The minimum absolute atomic E-state index is 0.911. The molecule has 7 nitrogen and oxygen atoms in total. The lowest BCUT2D eigenvalue weighted by Crippen LogP contribution is -2.54. The van der Waals surface area contributed by atoms with E-state index in [9.17, 15) is 9.90 Å². The molecule has 0 saturated heterocycles. The first-order valence-corrected chi connectivity index (χ1v) is 4.17. The summed E-state index contributed by atoms with van der Waals surface area (Å²) in [5.74, 6) is -1.58. The number of aliphatic hydroxyl groups is 5. The fourth-order valence-corrected chi connectivity index (χ4v) is 0.929. The van der Waals surface area contributed by atoms with Crippen LogP contribution in [0.25, 0.3) is 0 Å². The van der Waals surface area contributed by atoms with E-state index in [1.807, 2.05) is 0 Å². The van der Waals surface area contributed by atoms with E-state index < -0.39 is 35.8 Å². The number of halogens is 1. The molecule has 0 radical (unpaired) electrons. The van der Waals surface area contributed by atoms with E-state index >= 15 is 0 Å². The van der Waals surface area contributed by atoms with Gasteiger partial charge in [-0.3, -0.25) is 4.79 Å². The van der Waals surface area contributed by atoms with Gasteiger partial charge in [0.2, 0.25) is 5.06 Å². The molecule has 4 atom stereocenters. The molecule has 0 aliphatic carbocycles. The summed E-state index contributed by atoms with van der Waals surface area (Å²) in [6, 6.07) is 0.962. The van der Waals surface area contributed by atoms with Crippen molar-refractivity contribution < 1.29 is 30.3 Å². The quantitative estimate of drug-likeness (QED) is 0.256. The molecule has 0 aromatic rings. The number of ketones is 1. The highest BCUT2D eigenvalue weighted by atomic mass is 35.5. The summed E-state index contributed by atoms with van der Waals surface area (Å²) < 4.78 is 0. The molecule has 8 heteroatoms. The summed E-state index contributed by atoms with van der Waals surface area (Å²) in [6.07, 6.45) is -6.15. The van der Waals surface area contributed by atoms with Crippen LogP contribution in [0.5, 0.6) is 0 Å². The molecular weight excluding hydrogens is 230 g/mol. The van der Waals surface area contributed by atoms with Crippen LogP contribution in [0.2, 0.25) is 0 Å². The first-order chi connectivity index (χ1) is 6.78. The summed E-state index contributed by atoms with van der Waals surface area (Å²) in [5.41, 5.74) is 0. The second-order valence-corrected chi connectivity index (χ2v) is 3.38. The Hall–Kier alpha value is -0.750. The lowest BCUT2D eigenvalue weighted by Gasteiger charge is -2.28. The number of nitriles is 1. The Bertz CT molecular complexity index is 275. The zero-order valence-corrected chi connectivity index (χ0v) is 8.16. The molecule has 0 amide bonds. The van der Waals surface area contributed by atoms with Crippen LogP contribution in [-0.4, -0.2) is 61.3 Å². The van der Waals surface area contributed by atoms with Gasteiger partial charge in [-0.05, 0) is 0 Å². The van der Waals surface area contributed by atoms with E-state index in [0.29, 0.717) is 0 Å². The standard InChI is InChI=1S/C7H10ClNO6/c8-7(15,4(12)1-9)6(14)5(13)3(11)2-10/h3,5-6,10-11,13-15H,2H2/t3-,5+,6-,7-/m1/s1. The van der Waals surface area contributed by atoms with E-state index in [2.05, 4.69) is 0 Å². The molecule has 0 fully saturated rings. The minimum Gasteiger partial charge on any atom is -0.394 e. The molecule has 15 heavy (non-hydrogen) atoms. The Morgan fingerprint density at radius 2 is 1.93 bits per heavy atom. The number of aliphatic hydroxyl groups excluding tert-OH is 4. The molecular formula is C7H10ClNO6. The number of rotatable bonds is 5. The number of carbonyl (C=O) groups excluding carboxylic acids is 1. The third-order valence-electron chi connectivity index (χ3n) is 1.72. The summed E-state index contributed by atoms with van der Waals surface area (Å²) in [6.45, 7) is -0.911. The molecule has 0 aromatic carbocycles. The van der Waals surface area contributed by atoms with Crippen molar-refractivity contribution >= 4 is 17.4 Å². The lowest BCUT2D eigenvalue weighted by atomic mass is 10.0. The SMILES string of the molecule is N#CC(=O)[C@](O)(Cl)[C@H](O)[C@@H](O)[C@H](O)CO. The zero-order valence-electron chi connectivity index (χ0n) is 7.41. The monoisotopic (exact) mass is 239 g/mol. The second-order valence-electron chi connectivity index (χ2n) is 2.80. The Morgan fingerprint density at radius 3 is 2.27 bits per heavy atom. The number of alkyl halides is 1. The van der Waals surface area contributed by atoms with E-state index in [1.54, 1.807) is 0 Å². The van der Waals surface area contributed by atoms with Crippen molar-refractivity contribution in [1.82, 2.24) is 0 Å². The summed E-state index contributed by atoms with van der Waals surface area (Å²) in [7, 11) is 0. The number of nitrogens with zero attached hydrogens (tertiary/aromatic N) is 1. The van der Waals surface area contributed by atoms with Crippen LogP contribution in [0, 0.1) is 11.3 Å². The van der Waals surface area contributed by atoms with Crippen LogP contribution >= 0.6 is 11.6 Å². The number of hydrogen-bond acceptors (Lipinski definition) is 7. The van der Waals surface area contributed by atoms with Crippen molar-refractivity contribution in [2.24, 2.45) is 0 Å². The molecule has 0 aromatic heterocycles. The first kappa shape index (κ1) is 14.2. The Balaban J connectivity index is 4.77. The van der Waals surface area contributed by atoms with Gasteiger partial charge in [-0.2, -0.15) is 5.26 Å². The number of Topliss-reactive ketones (excluding diaryl/α,β-unsaturated/α-hetero) is 1. The Morgan fingerprint density at radius 1 is 1.47 bits per heavy atom. The van der Waals surface area contributed by atoms with Crippen molar-refractivity contribution in [2.45, 2.75) is 23.4 Å². The third kappa shape index (κ3) is 3.10. The topological polar surface area (TPSA) is 142 Å². The Labute approximate surface area is 89.8 Å². The molecule has 86 valence electrons. The molecule has 0 heterocycles. The minimum atomic E-state index is -3.02. The average molecular weight is 240 g/mol. The Kier molecular flexibility index (Phi) is 5.10. The maximum absolute atomic E-state index is 10.7. The summed E-state index contributed by atoms with van der Waals surface area (Å²) in [4.78, 5) is 10.7. The maximum atomic E-state index is 10.7. The fourth-order valence-electron chi connectivity index (χ4n) is 0.757. The van der Waals surface area contributed by atoms with Gasteiger partial charge in [0, 0.05) is 0 Å². The third-order valence-corrected chi connectivity index (χ3v) is 2.11. The molecule has 0 spiro atoms. The van der Waals surface area contributed by atoms with Crippen LogP contribution in [0.3, 0.4) is 0 Å². The summed E-state index contributed by atoms with van der Waals surface area (Å²) >= 11 is 5.11. The number of carbonyl (C=O) groups is 1. The molecule has 5 N–H and O–H groups in total. The summed E-state index contributed by atoms with van der Waals surface area (Å²) in [5, 5.41) is 49.9. The van der Waals surface area contributed by atoms with Crippen molar-refractivity contribution in [3.63, 3.8) is 0 Å². The first-order valence-electron chi connectivity index (χ1n) is 3.79. The van der Waals surface area contributed by atoms with Gasteiger partial charge in [0.05, 0.1) is 6.61 Å². The van der Waals surface area contributed by atoms with Gasteiger partial charge in [-0.1, -0.05) is 11.6 Å². The van der Waals surface area contributed by atoms with Crippen LogP contribution in [0.4, 0.5) is 0 Å². The van der Waals surface area contributed by atoms with Gasteiger partial charge in [0.25, 0.3) is 5.78 Å². The van der Waals surface area contributed by atoms with Crippen LogP contribution in [0.1, 0.15) is 0 Å². The largest absolute Gasteiger partial charge is 0.394 e. The van der Waals surface area contributed by atoms with Gasteiger partial charge < -0.3 is 25.5 Å². The molecule has 0 aliphatic rings. The van der Waals surface area contributed by atoms with Crippen LogP contribution in [-0.2, 0) is 4.79 Å². The van der Waals surface area contributed by atoms with E-state index in [0.717, 1.165) is 6.07 Å². The van der Waals surface area contributed by atoms with Crippen molar-refractivity contribution in [1.29, 1.82) is 5.26 Å². The van der Waals surface area contributed by atoms with Gasteiger partial charge >= 0.3 is 0 Å². The molecule has 0 bridgehead atoms. The van der Waals surface area contributed by atoms with Crippen molar-refractivity contribution in [2.75, 3.05) is 6.61 Å². The molecule has 0 unspecified atom stereocenters. The molecule has 0 aliphatic heterocycles. The molecule has 0 saturated carbocycles. The van der Waals surface area contributed by atoms with E-state index in [-0.39, 0.29) is 0 Å². The van der Waals surface area contributed by atoms with E-state index in [1.165, 1.54) is 0 Å². The van der Waals surface area contributed by atoms with Gasteiger partial charge in [0.15, 0.2) is 0 Å². The fraction of sp³-hybridized carbons (Fsp3) is 0.714. The van der Waals surface area contributed by atoms with Gasteiger partial charge in [-0.25, -0.2) is 0 Å². The second kappa shape index (κ2) is 5.37. The van der Waals surface area contributed by atoms with Gasteiger partial charge in [-0.15, -0.1) is 0 Å².